The smallest absolute Gasteiger partial charge is 0.293 e. The molecule has 1 N–H and O–H groups in total. The van der Waals surface area contributed by atoms with Crippen LogP contribution >= 0.6 is 0 Å². The molecule has 1 heterocycles. The Labute approximate surface area is 149 Å². The summed E-state index contributed by atoms with van der Waals surface area (Å²) in [6.45, 7) is 2.37. The van der Waals surface area contributed by atoms with E-state index in [2.05, 4.69) is 9.97 Å². The van der Waals surface area contributed by atoms with Gasteiger partial charge in [0.05, 0.1) is 29.3 Å². The molecule has 0 saturated carbocycles. The number of hydrogen-bond acceptors (Lipinski definition) is 6. The van der Waals surface area contributed by atoms with Gasteiger partial charge in [-0.15, -0.1) is 0 Å². The number of nitro benzene ring substituents is 1. The van der Waals surface area contributed by atoms with Gasteiger partial charge in [-0.25, -0.2) is 4.98 Å². The number of benzene rings is 2. The summed E-state index contributed by atoms with van der Waals surface area (Å²) in [7, 11) is 3.34. The number of aromatic amines is 1. The fraction of sp³-hybridized carbons (Fsp3) is 0.222. The first-order valence-corrected chi connectivity index (χ1v) is 7.91. The maximum absolute atomic E-state index is 11.9. The van der Waals surface area contributed by atoms with Crippen LogP contribution in [0.3, 0.4) is 0 Å². The molecule has 8 heteroatoms. The fourth-order valence-electron chi connectivity index (χ4n) is 2.92. The van der Waals surface area contributed by atoms with Crippen LogP contribution in [0.25, 0.3) is 10.9 Å². The van der Waals surface area contributed by atoms with E-state index in [1.165, 1.54) is 12.4 Å². The highest BCUT2D eigenvalue weighted by atomic mass is 16.6. The van der Waals surface area contributed by atoms with Gasteiger partial charge >= 0.3 is 0 Å². The number of anilines is 1. The molecule has 0 atom stereocenters. The van der Waals surface area contributed by atoms with E-state index >= 15 is 0 Å². The molecule has 8 nitrogen and oxygen atoms in total. The average Bonchev–Trinajstić information content (AvgIpc) is 2.61. The quantitative estimate of drug-likeness (QED) is 0.558. The number of methoxy groups -OCH3 is 1. The van der Waals surface area contributed by atoms with Gasteiger partial charge in [-0.05, 0) is 19.1 Å². The van der Waals surface area contributed by atoms with Crippen LogP contribution in [0.15, 0.2) is 41.5 Å². The Kier molecular flexibility index (Phi) is 4.57. The first-order chi connectivity index (χ1) is 12.4. The molecule has 3 aromatic rings. The number of ether oxygens (including phenoxy) is 1. The molecule has 134 valence electrons. The minimum Gasteiger partial charge on any atom is -0.496 e. The molecule has 3 rings (SSSR count). The molecule has 0 aliphatic heterocycles. The second-order valence-electron chi connectivity index (χ2n) is 6.02. The van der Waals surface area contributed by atoms with E-state index in [-0.39, 0.29) is 11.1 Å². The third-order valence-electron chi connectivity index (χ3n) is 4.19. The number of nitrogens with zero attached hydrogens (tertiary/aromatic N) is 3. The summed E-state index contributed by atoms with van der Waals surface area (Å²) < 4.78 is 5.38. The normalized spacial score (nSPS) is 10.7. The Morgan fingerprint density at radius 3 is 2.77 bits per heavy atom. The molecule has 0 aliphatic rings. The number of aromatic nitrogens is 2. The van der Waals surface area contributed by atoms with Gasteiger partial charge in [0.2, 0.25) is 0 Å². The summed E-state index contributed by atoms with van der Waals surface area (Å²) in [6.07, 6.45) is 1.28. The van der Waals surface area contributed by atoms with Crippen molar-refractivity contribution in [2.45, 2.75) is 13.5 Å². The first-order valence-electron chi connectivity index (χ1n) is 7.91. The maximum Gasteiger partial charge on any atom is 0.293 e. The van der Waals surface area contributed by atoms with E-state index in [0.717, 1.165) is 11.1 Å². The Hall–Kier alpha value is -3.42. The number of fused-ring (bicyclic) bond motifs is 1. The Morgan fingerprint density at radius 1 is 1.31 bits per heavy atom. The van der Waals surface area contributed by atoms with Crippen LogP contribution in [-0.2, 0) is 6.54 Å². The van der Waals surface area contributed by atoms with E-state index in [9.17, 15) is 14.9 Å². The predicted molar refractivity (Wildman–Crippen MR) is 98.9 cm³/mol. The number of nitro groups is 1. The van der Waals surface area contributed by atoms with Crippen molar-refractivity contribution >= 4 is 22.3 Å². The van der Waals surface area contributed by atoms with Crippen molar-refractivity contribution in [3.8, 4) is 5.75 Å². The van der Waals surface area contributed by atoms with Crippen LogP contribution < -0.4 is 15.2 Å². The lowest BCUT2D eigenvalue weighted by atomic mass is 10.1. The molecule has 0 aliphatic carbocycles. The van der Waals surface area contributed by atoms with E-state index in [0.29, 0.717) is 23.5 Å². The van der Waals surface area contributed by atoms with Crippen molar-refractivity contribution in [2.75, 3.05) is 19.1 Å². The molecule has 2 aromatic carbocycles. The SMILES string of the molecule is COc1ccc(C)cc1CN(C)c1cc2nc[nH]c(=O)c2cc1[N+](=O)[O-]. The van der Waals surface area contributed by atoms with Gasteiger partial charge in [0.15, 0.2) is 0 Å². The summed E-state index contributed by atoms with van der Waals surface area (Å²) in [5, 5.41) is 11.7. The van der Waals surface area contributed by atoms with Gasteiger partial charge < -0.3 is 14.6 Å². The van der Waals surface area contributed by atoms with Crippen LogP contribution in [0, 0.1) is 17.0 Å². The standard InChI is InChI=1S/C18H18N4O4/c1-11-4-5-17(26-3)12(6-11)9-21(2)15-8-14-13(7-16(15)22(24)25)18(23)20-10-19-14/h4-8,10H,9H2,1-3H3,(H,19,20,23). The van der Waals surface area contributed by atoms with Crippen molar-refractivity contribution in [1.82, 2.24) is 9.97 Å². The van der Waals surface area contributed by atoms with E-state index in [1.54, 1.807) is 25.1 Å². The molecule has 26 heavy (non-hydrogen) atoms. The van der Waals surface area contributed by atoms with Crippen LogP contribution in [0.5, 0.6) is 5.75 Å². The lowest BCUT2D eigenvalue weighted by molar-refractivity contribution is -0.384. The molecule has 0 spiro atoms. The fourth-order valence-corrected chi connectivity index (χ4v) is 2.92. The monoisotopic (exact) mass is 354 g/mol. The zero-order chi connectivity index (χ0) is 18.8. The lowest BCUT2D eigenvalue weighted by Gasteiger charge is -2.21. The summed E-state index contributed by atoms with van der Waals surface area (Å²) in [4.78, 5) is 31.2. The summed E-state index contributed by atoms with van der Waals surface area (Å²) in [6, 6.07) is 8.61. The van der Waals surface area contributed by atoms with Crippen molar-refractivity contribution < 1.29 is 9.66 Å². The third kappa shape index (κ3) is 3.21. The van der Waals surface area contributed by atoms with E-state index < -0.39 is 10.5 Å². The molecule has 0 fully saturated rings. The molecular formula is C18H18N4O4. The number of nitrogens with one attached hydrogen (secondary N) is 1. The first kappa shape index (κ1) is 17.4. The minimum absolute atomic E-state index is 0.148. The van der Waals surface area contributed by atoms with Crippen LogP contribution in [-0.4, -0.2) is 29.0 Å². The maximum atomic E-state index is 11.9. The number of aryl methyl sites for hydroxylation is 1. The highest BCUT2D eigenvalue weighted by molar-refractivity contribution is 5.86. The van der Waals surface area contributed by atoms with Crippen LogP contribution in [0.2, 0.25) is 0 Å². The summed E-state index contributed by atoms with van der Waals surface area (Å²) >= 11 is 0. The molecule has 0 bridgehead atoms. The molecule has 1 aromatic heterocycles. The molecule has 0 saturated heterocycles. The van der Waals surface area contributed by atoms with E-state index in [4.69, 9.17) is 4.74 Å². The second-order valence-corrected chi connectivity index (χ2v) is 6.02. The number of hydrogen-bond donors (Lipinski definition) is 1. The number of rotatable bonds is 5. The molecule has 0 amide bonds. The van der Waals surface area contributed by atoms with Crippen LogP contribution in [0.4, 0.5) is 11.4 Å². The highest BCUT2D eigenvalue weighted by Crippen LogP contribution is 2.32. The molecular weight excluding hydrogens is 336 g/mol. The Morgan fingerprint density at radius 2 is 2.08 bits per heavy atom. The lowest BCUT2D eigenvalue weighted by Crippen LogP contribution is -2.19. The van der Waals surface area contributed by atoms with Crippen molar-refractivity contribution in [3.63, 3.8) is 0 Å². The van der Waals surface area contributed by atoms with Crippen molar-refractivity contribution in [1.29, 1.82) is 0 Å². The third-order valence-corrected chi connectivity index (χ3v) is 4.19. The van der Waals surface area contributed by atoms with Crippen molar-refractivity contribution in [2.24, 2.45) is 0 Å². The molecule has 0 radical (unpaired) electrons. The summed E-state index contributed by atoms with van der Waals surface area (Å²) in [5.74, 6) is 0.709. The van der Waals surface area contributed by atoms with Gasteiger partial charge in [0.25, 0.3) is 11.2 Å². The zero-order valence-corrected chi connectivity index (χ0v) is 14.6. The Balaban J connectivity index is 2.09. The average molecular weight is 354 g/mol. The minimum atomic E-state index is -0.495. The topological polar surface area (TPSA) is 101 Å². The second kappa shape index (κ2) is 6.83. The Bertz CT molecular complexity index is 1050. The van der Waals surface area contributed by atoms with Gasteiger partial charge in [-0.2, -0.15) is 0 Å². The van der Waals surface area contributed by atoms with Crippen LogP contribution in [0.1, 0.15) is 11.1 Å². The highest BCUT2D eigenvalue weighted by Gasteiger charge is 2.21. The van der Waals surface area contributed by atoms with Gasteiger partial charge in [-0.1, -0.05) is 17.7 Å². The van der Waals surface area contributed by atoms with Gasteiger partial charge in [0.1, 0.15) is 11.4 Å². The largest absolute Gasteiger partial charge is 0.496 e. The van der Waals surface area contributed by atoms with Gasteiger partial charge in [-0.3, -0.25) is 14.9 Å². The molecule has 0 unspecified atom stereocenters. The zero-order valence-electron chi connectivity index (χ0n) is 14.6. The van der Waals surface area contributed by atoms with E-state index in [1.807, 2.05) is 25.1 Å². The summed E-state index contributed by atoms with van der Waals surface area (Å²) in [5.41, 5.74) is 2.19. The number of H-pyrrole nitrogens is 1. The van der Waals surface area contributed by atoms with Gasteiger partial charge in [0, 0.05) is 25.2 Å². The van der Waals surface area contributed by atoms with Crippen molar-refractivity contribution in [3.05, 3.63) is 68.3 Å². The predicted octanol–water partition coefficient (Wildman–Crippen LogP) is 2.78.